The number of hydrogen-bond acceptors (Lipinski definition) is 3. The van der Waals surface area contributed by atoms with Crippen LogP contribution in [-0.2, 0) is 5.41 Å². The van der Waals surface area contributed by atoms with Crippen molar-refractivity contribution in [1.29, 1.82) is 0 Å². The van der Waals surface area contributed by atoms with Gasteiger partial charge in [-0.05, 0) is 48.7 Å². The molecule has 32 heavy (non-hydrogen) atoms. The maximum Gasteiger partial charge on any atom is 0.174 e. The SMILES string of the molecule is CCN(CC)P1(=Nc2ccc(C)c(C)c2)/C(=C2/N(C)c3ccccc3C2(C)C)C=NN1C. The molecule has 2 heterocycles. The number of hydrazone groups is 1. The number of nitrogens with zero attached hydrogens (tertiary/aromatic N) is 5. The minimum atomic E-state index is -2.30. The molecule has 0 N–H and O–H groups in total. The smallest absolute Gasteiger partial charge is 0.174 e. The van der Waals surface area contributed by atoms with Crippen LogP contribution >= 0.6 is 7.36 Å². The lowest BCUT2D eigenvalue weighted by Crippen LogP contribution is -2.30. The molecule has 170 valence electrons. The first-order valence-corrected chi connectivity index (χ1v) is 13.1. The van der Waals surface area contributed by atoms with Crippen LogP contribution in [0, 0.1) is 13.8 Å². The molecule has 4 rings (SSSR count). The van der Waals surface area contributed by atoms with E-state index in [0.29, 0.717) is 0 Å². The van der Waals surface area contributed by atoms with Gasteiger partial charge in [-0.2, -0.15) is 5.10 Å². The van der Waals surface area contributed by atoms with E-state index < -0.39 is 7.36 Å². The van der Waals surface area contributed by atoms with Gasteiger partial charge in [0.15, 0.2) is 7.36 Å². The zero-order valence-corrected chi connectivity index (χ0v) is 21.6. The number of aryl methyl sites for hydroxylation is 2. The molecule has 0 amide bonds. The number of fused-ring (bicyclic) bond motifs is 1. The Bertz CT molecular complexity index is 1160. The van der Waals surface area contributed by atoms with Crippen molar-refractivity contribution in [1.82, 2.24) is 9.45 Å². The number of rotatable bonds is 4. The van der Waals surface area contributed by atoms with Gasteiger partial charge in [-0.25, -0.2) is 14.2 Å². The lowest BCUT2D eigenvalue weighted by molar-refractivity contribution is 0.452. The molecule has 0 spiro atoms. The van der Waals surface area contributed by atoms with Crippen molar-refractivity contribution < 1.29 is 0 Å². The van der Waals surface area contributed by atoms with Gasteiger partial charge >= 0.3 is 0 Å². The average molecular weight is 450 g/mol. The van der Waals surface area contributed by atoms with Crippen LogP contribution < -0.4 is 4.90 Å². The Morgan fingerprint density at radius 3 is 2.31 bits per heavy atom. The second-order valence-electron chi connectivity index (χ2n) is 9.24. The van der Waals surface area contributed by atoms with Crippen molar-refractivity contribution in [3.63, 3.8) is 0 Å². The van der Waals surface area contributed by atoms with Crippen LogP contribution in [0.15, 0.2) is 63.3 Å². The normalized spacial score (nSPS) is 23.9. The molecule has 0 bridgehead atoms. The van der Waals surface area contributed by atoms with Crippen LogP contribution in [-0.4, -0.2) is 42.8 Å². The summed E-state index contributed by atoms with van der Waals surface area (Å²) >= 11 is 0. The van der Waals surface area contributed by atoms with E-state index >= 15 is 0 Å². The van der Waals surface area contributed by atoms with Crippen LogP contribution in [0.5, 0.6) is 0 Å². The second-order valence-corrected chi connectivity index (χ2v) is 12.2. The molecule has 0 saturated carbocycles. The number of para-hydroxylation sites is 1. The molecular weight excluding hydrogens is 413 g/mol. The van der Waals surface area contributed by atoms with Gasteiger partial charge in [0.25, 0.3) is 0 Å². The average Bonchev–Trinajstić information content (AvgIpc) is 3.17. The van der Waals surface area contributed by atoms with E-state index in [4.69, 9.17) is 9.85 Å². The van der Waals surface area contributed by atoms with Crippen LogP contribution in [0.4, 0.5) is 11.4 Å². The molecule has 1 atom stereocenters. The van der Waals surface area contributed by atoms with E-state index in [9.17, 15) is 0 Å². The molecule has 5 nitrogen and oxygen atoms in total. The number of anilines is 1. The van der Waals surface area contributed by atoms with Gasteiger partial charge < -0.3 is 4.90 Å². The minimum Gasteiger partial charge on any atom is -0.346 e. The summed E-state index contributed by atoms with van der Waals surface area (Å²) in [7, 11) is 1.98. The predicted octanol–water partition coefficient (Wildman–Crippen LogP) is 6.88. The highest BCUT2D eigenvalue weighted by molar-refractivity contribution is 7.67. The summed E-state index contributed by atoms with van der Waals surface area (Å²) in [4.78, 5) is 2.37. The van der Waals surface area contributed by atoms with E-state index in [1.165, 1.54) is 33.4 Å². The minimum absolute atomic E-state index is 0.130. The van der Waals surface area contributed by atoms with Crippen molar-refractivity contribution >= 4 is 24.9 Å². The Labute approximate surface area is 193 Å². The lowest BCUT2D eigenvalue weighted by Gasteiger charge is -2.39. The quantitative estimate of drug-likeness (QED) is 0.477. The summed E-state index contributed by atoms with van der Waals surface area (Å²) < 4.78 is 10.2. The first-order chi connectivity index (χ1) is 15.2. The fourth-order valence-electron chi connectivity index (χ4n) is 5.18. The van der Waals surface area contributed by atoms with E-state index in [1.54, 1.807) is 0 Å². The molecule has 2 aromatic carbocycles. The lowest BCUT2D eigenvalue weighted by atomic mass is 9.84. The fourth-order valence-corrected chi connectivity index (χ4v) is 8.88. The number of allylic oxidation sites excluding steroid dienone is 2. The number of benzene rings is 2. The molecule has 1 unspecified atom stereocenters. The molecule has 2 aliphatic heterocycles. The Hall–Kier alpha value is -2.36. The first-order valence-electron chi connectivity index (χ1n) is 11.5. The Kier molecular flexibility index (Phi) is 5.85. The van der Waals surface area contributed by atoms with Crippen LogP contribution in [0.3, 0.4) is 0 Å². The van der Waals surface area contributed by atoms with E-state index in [-0.39, 0.29) is 5.41 Å². The summed E-state index contributed by atoms with van der Waals surface area (Å²) in [6, 6.07) is 15.3. The molecule has 2 aromatic rings. The van der Waals surface area contributed by atoms with Crippen LogP contribution in [0.25, 0.3) is 0 Å². The highest BCUT2D eigenvalue weighted by Crippen LogP contribution is 2.69. The third-order valence-electron chi connectivity index (χ3n) is 7.05. The maximum atomic E-state index is 5.56. The molecule has 6 heteroatoms. The van der Waals surface area contributed by atoms with Gasteiger partial charge in [0.2, 0.25) is 0 Å². The first kappa shape index (κ1) is 22.8. The topological polar surface area (TPSA) is 34.4 Å². The molecule has 0 aromatic heterocycles. The number of hydrogen-bond donors (Lipinski definition) is 0. The zero-order valence-electron chi connectivity index (χ0n) is 20.7. The van der Waals surface area contributed by atoms with Gasteiger partial charge in [-0.3, -0.25) is 0 Å². The summed E-state index contributed by atoms with van der Waals surface area (Å²) in [5, 5.41) is 6.12. The Morgan fingerprint density at radius 1 is 1.00 bits per heavy atom. The second kappa shape index (κ2) is 8.20. The molecule has 0 saturated heterocycles. The fraction of sp³-hybridized carbons (Fsp3) is 0.423. The largest absolute Gasteiger partial charge is 0.346 e. The van der Waals surface area contributed by atoms with Gasteiger partial charge in [0.1, 0.15) is 0 Å². The van der Waals surface area contributed by atoms with E-state index in [2.05, 4.69) is 119 Å². The standard InChI is InChI=1S/C26H36N5P/c1-9-31(10-2)32(28-21-16-15-19(3)20(4)17-21)24(18-27-30(32)8)25-26(5,6)22-13-11-12-14-23(22)29(25)7/h11-18H,9-10H2,1-8H3/b25-24+. The summed E-state index contributed by atoms with van der Waals surface area (Å²) in [6.07, 6.45) is 2.08. The van der Waals surface area contributed by atoms with Gasteiger partial charge in [-0.1, -0.05) is 52.0 Å². The highest BCUT2D eigenvalue weighted by Gasteiger charge is 2.47. The Balaban J connectivity index is 2.06. The van der Waals surface area contributed by atoms with Gasteiger partial charge in [0, 0.05) is 44.0 Å². The molecule has 0 radical (unpaired) electrons. The van der Waals surface area contributed by atoms with Gasteiger partial charge in [-0.15, -0.1) is 0 Å². The Morgan fingerprint density at radius 2 is 1.69 bits per heavy atom. The van der Waals surface area contributed by atoms with Crippen molar-refractivity contribution in [2.75, 3.05) is 32.1 Å². The number of likely N-dealkylation sites (N-methyl/N-ethyl adjacent to an activating group) is 1. The molecule has 2 aliphatic rings. The van der Waals surface area contributed by atoms with Crippen LogP contribution in [0.2, 0.25) is 0 Å². The van der Waals surface area contributed by atoms with E-state index in [0.717, 1.165) is 18.8 Å². The molecule has 0 fully saturated rings. The van der Waals surface area contributed by atoms with Crippen molar-refractivity contribution in [3.8, 4) is 0 Å². The zero-order chi connectivity index (χ0) is 23.3. The monoisotopic (exact) mass is 449 g/mol. The van der Waals surface area contributed by atoms with Crippen LogP contribution in [0.1, 0.15) is 44.4 Å². The summed E-state index contributed by atoms with van der Waals surface area (Å²) in [5.41, 5.74) is 7.39. The van der Waals surface area contributed by atoms with Crippen molar-refractivity contribution in [2.45, 2.75) is 47.0 Å². The third-order valence-corrected chi connectivity index (χ3v) is 10.8. The molecular formula is C26H36N5P. The highest BCUT2D eigenvalue weighted by atomic mass is 31.2. The van der Waals surface area contributed by atoms with Crippen molar-refractivity contribution in [2.24, 2.45) is 9.85 Å². The van der Waals surface area contributed by atoms with Crippen molar-refractivity contribution in [3.05, 3.63) is 70.2 Å². The maximum absolute atomic E-state index is 5.56. The summed E-state index contributed by atoms with van der Waals surface area (Å²) in [6.45, 7) is 15.3. The molecule has 0 aliphatic carbocycles. The predicted molar refractivity (Wildman–Crippen MR) is 139 cm³/mol. The summed E-state index contributed by atoms with van der Waals surface area (Å²) in [5.74, 6) is 0. The van der Waals surface area contributed by atoms with Gasteiger partial charge in [0.05, 0.1) is 17.2 Å². The van der Waals surface area contributed by atoms with E-state index in [1.807, 2.05) is 0 Å². The third kappa shape index (κ3) is 3.25.